The molecular weight excluding hydrogens is 362 g/mol. The minimum absolute atomic E-state index is 0.287. The molecule has 0 atom stereocenters. The van der Waals surface area contributed by atoms with Gasteiger partial charge in [0.15, 0.2) is 11.5 Å². The first kappa shape index (κ1) is 19.4. The van der Waals surface area contributed by atoms with Crippen molar-refractivity contribution >= 4 is 18.3 Å². The second-order valence-corrected chi connectivity index (χ2v) is 6.24. The Morgan fingerprint density at radius 2 is 1.89 bits per heavy atom. The van der Waals surface area contributed by atoms with Crippen LogP contribution in [-0.4, -0.2) is 67.6 Å². The molecule has 9 nitrogen and oxygen atoms in total. The van der Waals surface area contributed by atoms with Crippen molar-refractivity contribution in [3.8, 4) is 11.5 Å². The fraction of sp³-hybridized carbons (Fsp3) is 0.368. The molecule has 0 radical (unpaired) electrons. The number of carbonyl (C=O) groups excluding carboxylic acids is 2. The van der Waals surface area contributed by atoms with Crippen molar-refractivity contribution in [3.05, 3.63) is 41.7 Å². The molecule has 148 valence electrons. The van der Waals surface area contributed by atoms with Gasteiger partial charge in [-0.15, -0.1) is 0 Å². The van der Waals surface area contributed by atoms with Gasteiger partial charge in [0.05, 0.1) is 14.2 Å². The lowest BCUT2D eigenvalue weighted by Crippen LogP contribution is -2.46. The van der Waals surface area contributed by atoms with Gasteiger partial charge in [-0.3, -0.25) is 9.59 Å². The smallest absolute Gasteiger partial charge is 0.270 e. The first-order valence-corrected chi connectivity index (χ1v) is 8.91. The Hall–Kier alpha value is -3.36. The van der Waals surface area contributed by atoms with Crippen molar-refractivity contribution in [1.82, 2.24) is 20.2 Å². The number of hydrogen-bond donors (Lipinski definition) is 1. The van der Waals surface area contributed by atoms with E-state index in [0.717, 1.165) is 12.0 Å². The number of nitrogens with zero attached hydrogens (tertiary/aromatic N) is 4. The van der Waals surface area contributed by atoms with Gasteiger partial charge in [-0.2, -0.15) is 0 Å². The largest absolute Gasteiger partial charge is 0.493 e. The first-order chi connectivity index (χ1) is 13.6. The number of piperazine rings is 1. The molecule has 1 aliphatic heterocycles. The van der Waals surface area contributed by atoms with Gasteiger partial charge >= 0.3 is 0 Å². The highest BCUT2D eigenvalue weighted by atomic mass is 16.5. The molecular formula is C19H23N5O4. The fourth-order valence-corrected chi connectivity index (χ4v) is 2.92. The molecule has 3 rings (SSSR count). The summed E-state index contributed by atoms with van der Waals surface area (Å²) in [7, 11) is 3.14. The maximum Gasteiger partial charge on any atom is 0.270 e. The minimum Gasteiger partial charge on any atom is -0.493 e. The number of rotatable bonds is 7. The monoisotopic (exact) mass is 385 g/mol. The van der Waals surface area contributed by atoms with Crippen LogP contribution in [0.5, 0.6) is 11.5 Å². The van der Waals surface area contributed by atoms with Crippen LogP contribution in [-0.2, 0) is 11.3 Å². The molecule has 1 aromatic carbocycles. The zero-order valence-corrected chi connectivity index (χ0v) is 15.9. The molecule has 2 aromatic rings. The maximum atomic E-state index is 12.5. The summed E-state index contributed by atoms with van der Waals surface area (Å²) in [6, 6.07) is 7.05. The fourth-order valence-electron chi connectivity index (χ4n) is 2.92. The quantitative estimate of drug-likeness (QED) is 0.701. The zero-order chi connectivity index (χ0) is 19.9. The van der Waals surface area contributed by atoms with Gasteiger partial charge in [-0.25, -0.2) is 9.97 Å². The number of nitrogens with one attached hydrogen (secondary N) is 1. The molecule has 1 N–H and O–H groups in total. The summed E-state index contributed by atoms with van der Waals surface area (Å²) in [5.41, 5.74) is 1.17. The number of hydrogen-bond acceptors (Lipinski definition) is 7. The van der Waals surface area contributed by atoms with E-state index in [4.69, 9.17) is 9.47 Å². The minimum atomic E-state index is -0.287. The molecule has 0 unspecified atom stereocenters. The first-order valence-electron chi connectivity index (χ1n) is 8.91. The van der Waals surface area contributed by atoms with E-state index in [1.54, 1.807) is 37.4 Å². The summed E-state index contributed by atoms with van der Waals surface area (Å²) < 4.78 is 10.5. The molecule has 0 spiro atoms. The van der Waals surface area contributed by atoms with E-state index in [1.807, 2.05) is 17.0 Å². The van der Waals surface area contributed by atoms with Gasteiger partial charge in [0, 0.05) is 38.9 Å². The lowest BCUT2D eigenvalue weighted by Gasteiger charge is -2.32. The lowest BCUT2D eigenvalue weighted by atomic mass is 10.2. The van der Waals surface area contributed by atoms with Crippen LogP contribution in [0.4, 0.5) is 5.95 Å². The molecule has 1 saturated heterocycles. The highest BCUT2D eigenvalue weighted by Gasteiger charge is 2.19. The van der Waals surface area contributed by atoms with Crippen molar-refractivity contribution in [2.24, 2.45) is 0 Å². The van der Waals surface area contributed by atoms with Gasteiger partial charge in [0.1, 0.15) is 5.69 Å². The topological polar surface area (TPSA) is 96.9 Å². The summed E-state index contributed by atoms with van der Waals surface area (Å²) in [4.78, 5) is 35.6. The predicted molar refractivity (Wildman–Crippen MR) is 103 cm³/mol. The molecule has 28 heavy (non-hydrogen) atoms. The lowest BCUT2D eigenvalue weighted by molar-refractivity contribution is -0.118. The molecule has 2 heterocycles. The van der Waals surface area contributed by atoms with E-state index in [1.165, 1.54) is 0 Å². The molecule has 1 aromatic heterocycles. The Bertz CT molecular complexity index is 837. The van der Waals surface area contributed by atoms with Crippen LogP contribution >= 0.6 is 0 Å². The third-order valence-electron chi connectivity index (χ3n) is 4.52. The molecule has 9 heteroatoms. The van der Waals surface area contributed by atoms with E-state index < -0.39 is 0 Å². The van der Waals surface area contributed by atoms with Crippen molar-refractivity contribution in [2.75, 3.05) is 45.3 Å². The number of aromatic nitrogens is 2. The highest BCUT2D eigenvalue weighted by molar-refractivity contribution is 5.92. The standard InChI is InChI=1S/C19H23N5O4/c1-27-16-4-3-14(11-17(16)28-2)12-21-18(26)15-5-6-20-19(22-15)24-9-7-23(13-25)8-10-24/h3-6,11,13H,7-10,12H2,1-2H3,(H,21,26). The van der Waals surface area contributed by atoms with E-state index in [2.05, 4.69) is 15.3 Å². The zero-order valence-electron chi connectivity index (χ0n) is 15.9. The summed E-state index contributed by atoms with van der Waals surface area (Å²) >= 11 is 0. The SMILES string of the molecule is COc1ccc(CNC(=O)c2ccnc(N3CCN(C=O)CC3)n2)cc1OC. The van der Waals surface area contributed by atoms with E-state index >= 15 is 0 Å². The normalized spacial score (nSPS) is 13.8. The van der Waals surface area contributed by atoms with Crippen LogP contribution < -0.4 is 19.7 Å². The Labute approximate surface area is 163 Å². The Balaban J connectivity index is 1.63. The van der Waals surface area contributed by atoms with Crippen molar-refractivity contribution in [2.45, 2.75) is 6.54 Å². The van der Waals surface area contributed by atoms with E-state index in [9.17, 15) is 9.59 Å². The van der Waals surface area contributed by atoms with E-state index in [-0.39, 0.29) is 5.91 Å². The van der Waals surface area contributed by atoms with Gasteiger partial charge < -0.3 is 24.6 Å². The van der Waals surface area contributed by atoms with Crippen molar-refractivity contribution in [1.29, 1.82) is 0 Å². The number of benzene rings is 1. The van der Waals surface area contributed by atoms with Gasteiger partial charge in [0.25, 0.3) is 5.91 Å². The maximum absolute atomic E-state index is 12.5. The summed E-state index contributed by atoms with van der Waals surface area (Å²) in [6.45, 7) is 2.83. The van der Waals surface area contributed by atoms with Crippen LogP contribution in [0.15, 0.2) is 30.5 Å². The Morgan fingerprint density at radius 1 is 1.14 bits per heavy atom. The average Bonchev–Trinajstić information content (AvgIpc) is 2.77. The molecule has 0 aliphatic carbocycles. The van der Waals surface area contributed by atoms with Crippen molar-refractivity contribution in [3.63, 3.8) is 0 Å². The second kappa shape index (κ2) is 9.03. The predicted octanol–water partition coefficient (Wildman–Crippen LogP) is 0.702. The van der Waals surface area contributed by atoms with Crippen LogP contribution in [0.1, 0.15) is 16.1 Å². The number of amides is 2. The Morgan fingerprint density at radius 3 is 2.57 bits per heavy atom. The van der Waals surface area contributed by atoms with Crippen molar-refractivity contribution < 1.29 is 19.1 Å². The Kier molecular flexibility index (Phi) is 6.25. The molecule has 1 fully saturated rings. The van der Waals surface area contributed by atoms with Crippen LogP contribution in [0.25, 0.3) is 0 Å². The third kappa shape index (κ3) is 4.48. The van der Waals surface area contributed by atoms with Gasteiger partial charge in [-0.05, 0) is 23.8 Å². The third-order valence-corrected chi connectivity index (χ3v) is 4.52. The molecule has 0 bridgehead atoms. The average molecular weight is 385 g/mol. The van der Waals surface area contributed by atoms with Crippen LogP contribution in [0.2, 0.25) is 0 Å². The number of methoxy groups -OCH3 is 2. The van der Waals surface area contributed by atoms with Crippen LogP contribution in [0.3, 0.4) is 0 Å². The molecule has 2 amide bonds. The van der Waals surface area contributed by atoms with Crippen LogP contribution in [0, 0.1) is 0 Å². The highest BCUT2D eigenvalue weighted by Crippen LogP contribution is 2.27. The second-order valence-electron chi connectivity index (χ2n) is 6.24. The van der Waals surface area contributed by atoms with Gasteiger partial charge in [-0.1, -0.05) is 6.07 Å². The molecule has 0 saturated carbocycles. The number of carbonyl (C=O) groups is 2. The number of ether oxygens (including phenoxy) is 2. The number of anilines is 1. The summed E-state index contributed by atoms with van der Waals surface area (Å²) in [5, 5.41) is 2.85. The van der Waals surface area contributed by atoms with E-state index in [0.29, 0.717) is 55.9 Å². The molecule has 1 aliphatic rings. The summed E-state index contributed by atoms with van der Waals surface area (Å²) in [5.74, 6) is 1.44. The van der Waals surface area contributed by atoms with Gasteiger partial charge in [0.2, 0.25) is 12.4 Å². The summed E-state index contributed by atoms with van der Waals surface area (Å²) in [6.07, 6.45) is 2.41.